The topological polar surface area (TPSA) is 92.0 Å². The fourth-order valence-corrected chi connectivity index (χ4v) is 4.94. The summed E-state index contributed by atoms with van der Waals surface area (Å²) in [7, 11) is -4.14. The first-order valence-corrected chi connectivity index (χ1v) is 11.7. The molecule has 1 aliphatic heterocycles. The lowest BCUT2D eigenvalue weighted by atomic mass is 10.1. The van der Waals surface area contributed by atoms with E-state index in [1.54, 1.807) is 41.3 Å². The molecule has 0 unspecified atom stereocenters. The maximum atomic E-state index is 13.6. The number of hydrogen-bond donors (Lipinski definition) is 1. The average molecular weight is 476 g/mol. The van der Waals surface area contributed by atoms with E-state index >= 15 is 0 Å². The van der Waals surface area contributed by atoms with Gasteiger partial charge < -0.3 is 9.73 Å². The molecule has 1 aliphatic rings. The summed E-state index contributed by atoms with van der Waals surface area (Å²) in [5, 5.41) is 2.75. The van der Waals surface area contributed by atoms with Gasteiger partial charge in [-0.15, -0.1) is 4.40 Å². The van der Waals surface area contributed by atoms with Gasteiger partial charge in [0, 0.05) is 16.9 Å². The molecule has 2 heterocycles. The SMILES string of the molecule is Cc1ccccc1C(=O)Nc1ccc2c(c1)S(=O)(=O)N=C(c1ccco1)N2c1ccc(F)cc1. The molecule has 1 aromatic heterocycles. The number of hydrogen-bond acceptors (Lipinski definition) is 5. The van der Waals surface area contributed by atoms with E-state index in [4.69, 9.17) is 4.42 Å². The predicted molar refractivity (Wildman–Crippen MR) is 127 cm³/mol. The number of halogens is 1. The van der Waals surface area contributed by atoms with Crippen molar-refractivity contribution in [3.8, 4) is 0 Å². The molecule has 5 rings (SSSR count). The Labute approximate surface area is 195 Å². The fraction of sp³-hybridized carbons (Fsp3) is 0.0400. The largest absolute Gasteiger partial charge is 0.461 e. The van der Waals surface area contributed by atoms with Crippen molar-refractivity contribution < 1.29 is 22.0 Å². The van der Waals surface area contributed by atoms with Crippen LogP contribution >= 0.6 is 0 Å². The van der Waals surface area contributed by atoms with Crippen LogP contribution in [-0.4, -0.2) is 20.2 Å². The molecule has 0 saturated heterocycles. The van der Waals surface area contributed by atoms with Gasteiger partial charge in [-0.05, 0) is 73.2 Å². The number of nitrogens with zero attached hydrogens (tertiary/aromatic N) is 2. The van der Waals surface area contributed by atoms with Crippen LogP contribution in [0.2, 0.25) is 0 Å². The second-order valence-corrected chi connectivity index (χ2v) is 9.20. The van der Waals surface area contributed by atoms with Crippen LogP contribution in [0, 0.1) is 12.7 Å². The first-order chi connectivity index (χ1) is 16.3. The number of nitrogens with one attached hydrogen (secondary N) is 1. The van der Waals surface area contributed by atoms with Crippen molar-refractivity contribution in [3.05, 3.63) is 108 Å². The summed E-state index contributed by atoms with van der Waals surface area (Å²) in [4.78, 5) is 14.2. The van der Waals surface area contributed by atoms with E-state index in [-0.39, 0.29) is 22.4 Å². The highest BCUT2D eigenvalue weighted by molar-refractivity contribution is 7.90. The van der Waals surface area contributed by atoms with Crippen LogP contribution in [0.25, 0.3) is 0 Å². The second-order valence-electron chi connectivity index (χ2n) is 7.63. The van der Waals surface area contributed by atoms with Gasteiger partial charge in [0.25, 0.3) is 15.9 Å². The van der Waals surface area contributed by atoms with Crippen molar-refractivity contribution in [1.82, 2.24) is 0 Å². The minimum Gasteiger partial charge on any atom is -0.461 e. The van der Waals surface area contributed by atoms with E-state index in [0.29, 0.717) is 22.6 Å². The van der Waals surface area contributed by atoms with Crippen LogP contribution in [0.1, 0.15) is 21.7 Å². The minimum absolute atomic E-state index is 0.0424. The lowest BCUT2D eigenvalue weighted by molar-refractivity contribution is 0.102. The van der Waals surface area contributed by atoms with Gasteiger partial charge in [0.05, 0.1) is 12.0 Å². The molecule has 7 nitrogen and oxygen atoms in total. The summed E-state index contributed by atoms with van der Waals surface area (Å²) in [6, 6.07) is 20.4. The zero-order chi connectivity index (χ0) is 23.9. The molecular formula is C25H18FN3O4S. The molecule has 1 N–H and O–H groups in total. The van der Waals surface area contributed by atoms with Gasteiger partial charge in [-0.2, -0.15) is 8.42 Å². The third kappa shape index (κ3) is 3.86. The zero-order valence-electron chi connectivity index (χ0n) is 17.9. The van der Waals surface area contributed by atoms with Gasteiger partial charge in [0.1, 0.15) is 10.7 Å². The summed E-state index contributed by atoms with van der Waals surface area (Å²) in [5.41, 5.74) is 2.35. The van der Waals surface area contributed by atoms with Crippen molar-refractivity contribution in [3.63, 3.8) is 0 Å². The summed E-state index contributed by atoms with van der Waals surface area (Å²) in [6.45, 7) is 1.82. The normalized spacial score (nSPS) is 14.3. The monoisotopic (exact) mass is 475 g/mol. The molecule has 1 amide bonds. The molecule has 0 atom stereocenters. The molecule has 0 fully saturated rings. The number of aryl methyl sites for hydroxylation is 1. The Balaban J connectivity index is 1.61. The molecule has 0 aliphatic carbocycles. The van der Waals surface area contributed by atoms with Crippen LogP contribution in [0.3, 0.4) is 0 Å². The highest BCUT2D eigenvalue weighted by Gasteiger charge is 2.34. The van der Waals surface area contributed by atoms with Gasteiger partial charge >= 0.3 is 0 Å². The van der Waals surface area contributed by atoms with Crippen LogP contribution in [-0.2, 0) is 10.0 Å². The number of sulfonamides is 1. The molecule has 3 aromatic carbocycles. The number of furan rings is 1. The number of fused-ring (bicyclic) bond motifs is 1. The van der Waals surface area contributed by atoms with Crippen LogP contribution in [0.4, 0.5) is 21.5 Å². The summed E-state index contributed by atoms with van der Waals surface area (Å²) >= 11 is 0. The van der Waals surface area contributed by atoms with Gasteiger partial charge in [-0.1, -0.05) is 18.2 Å². The molecule has 0 saturated carbocycles. The Bertz CT molecular complexity index is 1530. The Morgan fingerprint density at radius 2 is 1.76 bits per heavy atom. The Morgan fingerprint density at radius 1 is 1.00 bits per heavy atom. The molecular weight excluding hydrogens is 457 g/mol. The zero-order valence-corrected chi connectivity index (χ0v) is 18.7. The van der Waals surface area contributed by atoms with Crippen molar-refractivity contribution in [2.45, 2.75) is 11.8 Å². The van der Waals surface area contributed by atoms with E-state index in [2.05, 4.69) is 9.71 Å². The second kappa shape index (κ2) is 8.27. The quantitative estimate of drug-likeness (QED) is 0.434. The Hall–Kier alpha value is -4.24. The molecule has 9 heteroatoms. The van der Waals surface area contributed by atoms with Crippen molar-refractivity contribution >= 4 is 38.8 Å². The number of carbonyl (C=O) groups excluding carboxylic acids is 1. The third-order valence-electron chi connectivity index (χ3n) is 5.37. The Morgan fingerprint density at radius 3 is 2.47 bits per heavy atom. The highest BCUT2D eigenvalue weighted by Crippen LogP contribution is 2.39. The van der Waals surface area contributed by atoms with E-state index in [1.165, 1.54) is 36.6 Å². The first-order valence-electron chi connectivity index (χ1n) is 10.3. The number of anilines is 3. The van der Waals surface area contributed by atoms with Gasteiger partial charge in [0.15, 0.2) is 11.6 Å². The number of rotatable bonds is 4. The molecule has 34 heavy (non-hydrogen) atoms. The van der Waals surface area contributed by atoms with Crippen LogP contribution < -0.4 is 10.2 Å². The van der Waals surface area contributed by atoms with Crippen molar-refractivity contribution in [1.29, 1.82) is 0 Å². The highest BCUT2D eigenvalue weighted by atomic mass is 32.2. The molecule has 4 aromatic rings. The van der Waals surface area contributed by atoms with E-state index < -0.39 is 15.8 Å². The standard InChI is InChI=1S/C25H18FN3O4S/c1-16-5-2-3-6-20(16)25(30)27-18-10-13-21-23(15-18)34(31,32)28-24(22-7-4-14-33-22)29(21)19-11-8-17(26)9-12-19/h2-15H,1H3,(H,27,30). The minimum atomic E-state index is -4.14. The maximum absolute atomic E-state index is 13.6. The first kappa shape index (κ1) is 21.6. The molecule has 0 spiro atoms. The van der Waals surface area contributed by atoms with Gasteiger partial charge in [0.2, 0.25) is 0 Å². The number of benzene rings is 3. The van der Waals surface area contributed by atoms with E-state index in [9.17, 15) is 17.6 Å². The summed E-state index contributed by atoms with van der Waals surface area (Å²) in [5.74, 6) is -0.517. The van der Waals surface area contributed by atoms with Crippen LogP contribution in [0.15, 0.2) is 98.8 Å². The summed E-state index contributed by atoms with van der Waals surface area (Å²) < 4.78 is 49.3. The average Bonchev–Trinajstić information content (AvgIpc) is 3.35. The fourth-order valence-electron chi connectivity index (χ4n) is 3.74. The third-order valence-corrected chi connectivity index (χ3v) is 6.67. The van der Waals surface area contributed by atoms with E-state index in [0.717, 1.165) is 5.56 Å². The smallest absolute Gasteiger partial charge is 0.286 e. The molecule has 0 radical (unpaired) electrons. The lowest BCUT2D eigenvalue weighted by Crippen LogP contribution is -2.32. The van der Waals surface area contributed by atoms with Crippen molar-refractivity contribution in [2.24, 2.45) is 4.40 Å². The number of carbonyl (C=O) groups is 1. The van der Waals surface area contributed by atoms with Gasteiger partial charge in [-0.25, -0.2) is 4.39 Å². The van der Waals surface area contributed by atoms with E-state index in [1.807, 2.05) is 19.1 Å². The summed E-state index contributed by atoms with van der Waals surface area (Å²) in [6.07, 6.45) is 1.41. The maximum Gasteiger partial charge on any atom is 0.286 e. The number of amides is 1. The van der Waals surface area contributed by atoms with Gasteiger partial charge in [-0.3, -0.25) is 9.69 Å². The Kier molecular flexibility index (Phi) is 5.25. The predicted octanol–water partition coefficient (Wildman–Crippen LogP) is 5.27. The number of amidine groups is 1. The van der Waals surface area contributed by atoms with Crippen molar-refractivity contribution in [2.75, 3.05) is 10.2 Å². The molecule has 170 valence electrons. The molecule has 0 bridgehead atoms. The lowest BCUT2D eigenvalue weighted by Gasteiger charge is -2.30. The van der Waals surface area contributed by atoms with Crippen LogP contribution in [0.5, 0.6) is 0 Å².